The first-order valence-electron chi connectivity index (χ1n) is 5.48. The van der Waals surface area contributed by atoms with Crippen molar-refractivity contribution in [3.05, 3.63) is 51.7 Å². The number of carbonyl (C=O) groups excluding carboxylic acids is 1. The topological polar surface area (TPSA) is 29.1 Å². The van der Waals surface area contributed by atoms with Crippen LogP contribution in [0.25, 0.3) is 0 Å². The van der Waals surface area contributed by atoms with Crippen molar-refractivity contribution in [2.75, 3.05) is 5.32 Å². The van der Waals surface area contributed by atoms with E-state index >= 15 is 0 Å². The van der Waals surface area contributed by atoms with E-state index < -0.39 is 17.6 Å². The number of anilines is 1. The Kier molecular flexibility index (Phi) is 2.63. The Labute approximate surface area is 106 Å². The minimum atomic E-state index is -0.878. The second-order valence-corrected chi connectivity index (χ2v) is 5.09. The molecule has 0 bridgehead atoms. The van der Waals surface area contributed by atoms with E-state index in [0.717, 1.165) is 10.9 Å². The Morgan fingerprint density at radius 1 is 1.28 bits per heavy atom. The summed E-state index contributed by atoms with van der Waals surface area (Å²) in [6, 6.07) is 5.86. The SMILES string of the molecule is O=C1C[C@@H](c2cccc(F)c2F)c2sccc2N1. The van der Waals surface area contributed by atoms with Crippen LogP contribution in [0.4, 0.5) is 14.5 Å². The Bertz CT molecular complexity index is 623. The Morgan fingerprint density at radius 3 is 2.94 bits per heavy atom. The van der Waals surface area contributed by atoms with Crippen molar-refractivity contribution in [1.82, 2.24) is 0 Å². The van der Waals surface area contributed by atoms with Crippen molar-refractivity contribution in [3.63, 3.8) is 0 Å². The maximum atomic E-state index is 13.8. The van der Waals surface area contributed by atoms with Gasteiger partial charge in [0, 0.05) is 17.2 Å². The molecular formula is C13H9F2NOS. The van der Waals surface area contributed by atoms with Crippen LogP contribution < -0.4 is 5.32 Å². The lowest BCUT2D eigenvalue weighted by atomic mass is 9.90. The van der Waals surface area contributed by atoms with E-state index in [1.165, 1.54) is 23.5 Å². The number of benzene rings is 1. The predicted molar refractivity (Wildman–Crippen MR) is 65.8 cm³/mol. The molecule has 0 aliphatic carbocycles. The molecule has 0 saturated heterocycles. The minimum Gasteiger partial charge on any atom is -0.325 e. The maximum Gasteiger partial charge on any atom is 0.225 e. The molecule has 0 unspecified atom stereocenters. The van der Waals surface area contributed by atoms with Gasteiger partial charge in [-0.3, -0.25) is 4.79 Å². The average Bonchev–Trinajstić information content (AvgIpc) is 2.79. The van der Waals surface area contributed by atoms with E-state index in [1.807, 2.05) is 5.38 Å². The van der Waals surface area contributed by atoms with Crippen LogP contribution in [0, 0.1) is 11.6 Å². The van der Waals surface area contributed by atoms with Gasteiger partial charge in [-0.05, 0) is 23.1 Å². The average molecular weight is 265 g/mol. The zero-order valence-corrected chi connectivity index (χ0v) is 10.1. The van der Waals surface area contributed by atoms with Gasteiger partial charge in [-0.15, -0.1) is 11.3 Å². The summed E-state index contributed by atoms with van der Waals surface area (Å²) >= 11 is 1.44. The van der Waals surface area contributed by atoms with Gasteiger partial charge in [-0.25, -0.2) is 8.78 Å². The number of halogens is 2. The van der Waals surface area contributed by atoms with Crippen LogP contribution in [0.5, 0.6) is 0 Å². The highest BCUT2D eigenvalue weighted by molar-refractivity contribution is 7.10. The van der Waals surface area contributed by atoms with Crippen molar-refractivity contribution in [2.45, 2.75) is 12.3 Å². The summed E-state index contributed by atoms with van der Waals surface area (Å²) in [5.74, 6) is -2.31. The van der Waals surface area contributed by atoms with Crippen molar-refractivity contribution in [1.29, 1.82) is 0 Å². The highest BCUT2D eigenvalue weighted by Gasteiger charge is 2.30. The van der Waals surface area contributed by atoms with Gasteiger partial charge >= 0.3 is 0 Å². The highest BCUT2D eigenvalue weighted by Crippen LogP contribution is 2.41. The lowest BCUT2D eigenvalue weighted by molar-refractivity contribution is -0.116. The predicted octanol–water partition coefficient (Wildman–Crippen LogP) is 3.50. The van der Waals surface area contributed by atoms with E-state index in [1.54, 1.807) is 6.07 Å². The van der Waals surface area contributed by atoms with Crippen molar-refractivity contribution in [2.24, 2.45) is 0 Å². The molecule has 1 atom stereocenters. The molecule has 2 heterocycles. The van der Waals surface area contributed by atoms with Gasteiger partial charge in [-0.2, -0.15) is 0 Å². The largest absolute Gasteiger partial charge is 0.325 e. The zero-order valence-electron chi connectivity index (χ0n) is 9.24. The van der Waals surface area contributed by atoms with Gasteiger partial charge in [0.15, 0.2) is 11.6 Å². The van der Waals surface area contributed by atoms with Crippen LogP contribution in [0.3, 0.4) is 0 Å². The van der Waals surface area contributed by atoms with Crippen molar-refractivity contribution >= 4 is 22.9 Å². The standard InChI is InChI=1S/C13H9F2NOS/c14-9-3-1-2-7(12(9)15)8-6-11(17)16-10-4-5-18-13(8)10/h1-5,8H,6H2,(H,16,17)/t8-/m0/s1. The summed E-state index contributed by atoms with van der Waals surface area (Å²) < 4.78 is 27.1. The molecule has 0 spiro atoms. The van der Waals surface area contributed by atoms with Crippen LogP contribution in [0.1, 0.15) is 22.8 Å². The molecule has 1 aromatic carbocycles. The molecule has 0 fully saturated rings. The third-order valence-corrected chi connectivity index (χ3v) is 4.06. The van der Waals surface area contributed by atoms with Crippen LogP contribution in [-0.2, 0) is 4.79 Å². The Hall–Kier alpha value is -1.75. The smallest absolute Gasteiger partial charge is 0.225 e. The Balaban J connectivity index is 2.13. The van der Waals surface area contributed by atoms with Gasteiger partial charge in [0.2, 0.25) is 5.91 Å². The fourth-order valence-electron chi connectivity index (χ4n) is 2.21. The molecule has 1 N–H and O–H groups in total. The van der Waals surface area contributed by atoms with Crippen molar-refractivity contribution in [3.8, 4) is 0 Å². The summed E-state index contributed by atoms with van der Waals surface area (Å²) in [4.78, 5) is 12.5. The van der Waals surface area contributed by atoms with E-state index in [2.05, 4.69) is 5.32 Å². The monoisotopic (exact) mass is 265 g/mol. The molecule has 0 saturated carbocycles. The first-order valence-corrected chi connectivity index (χ1v) is 6.36. The first kappa shape index (κ1) is 11.3. The normalized spacial score (nSPS) is 18.3. The zero-order chi connectivity index (χ0) is 12.7. The van der Waals surface area contributed by atoms with Crippen molar-refractivity contribution < 1.29 is 13.6 Å². The van der Waals surface area contributed by atoms with E-state index in [4.69, 9.17) is 0 Å². The lowest BCUT2D eigenvalue weighted by Crippen LogP contribution is -2.22. The third-order valence-electron chi connectivity index (χ3n) is 3.03. The fraction of sp³-hybridized carbons (Fsp3) is 0.154. The Morgan fingerprint density at radius 2 is 2.11 bits per heavy atom. The van der Waals surface area contributed by atoms with Gasteiger partial charge in [0.25, 0.3) is 0 Å². The molecule has 18 heavy (non-hydrogen) atoms. The lowest BCUT2D eigenvalue weighted by Gasteiger charge is -2.23. The highest BCUT2D eigenvalue weighted by atomic mass is 32.1. The summed E-state index contributed by atoms with van der Waals surface area (Å²) in [5, 5.41) is 4.56. The minimum absolute atomic E-state index is 0.147. The molecular weight excluding hydrogens is 256 g/mol. The fourth-order valence-corrected chi connectivity index (χ4v) is 3.19. The van der Waals surface area contributed by atoms with Crippen LogP contribution in [-0.4, -0.2) is 5.91 Å². The molecule has 3 rings (SSSR count). The second-order valence-electron chi connectivity index (χ2n) is 4.15. The van der Waals surface area contributed by atoms with Gasteiger partial charge < -0.3 is 5.32 Å². The van der Waals surface area contributed by atoms with Gasteiger partial charge in [-0.1, -0.05) is 12.1 Å². The molecule has 92 valence electrons. The number of hydrogen-bond donors (Lipinski definition) is 1. The second kappa shape index (κ2) is 4.17. The summed E-state index contributed by atoms with van der Waals surface area (Å²) in [6.07, 6.45) is 0.147. The first-order chi connectivity index (χ1) is 8.66. The molecule has 5 heteroatoms. The number of hydrogen-bond acceptors (Lipinski definition) is 2. The van der Waals surface area contributed by atoms with E-state index in [9.17, 15) is 13.6 Å². The van der Waals surface area contributed by atoms with Gasteiger partial charge in [0.1, 0.15) is 0 Å². The molecule has 1 aromatic heterocycles. The number of rotatable bonds is 1. The number of carbonyl (C=O) groups is 1. The summed E-state index contributed by atoms with van der Waals surface area (Å²) in [6.45, 7) is 0. The molecule has 1 aliphatic heterocycles. The van der Waals surface area contributed by atoms with Crippen LogP contribution in [0.15, 0.2) is 29.6 Å². The number of fused-ring (bicyclic) bond motifs is 1. The maximum absolute atomic E-state index is 13.8. The van der Waals surface area contributed by atoms with Gasteiger partial charge in [0.05, 0.1) is 5.69 Å². The quantitative estimate of drug-likeness (QED) is 0.840. The number of nitrogens with one attached hydrogen (secondary N) is 1. The molecule has 2 nitrogen and oxygen atoms in total. The van der Waals surface area contributed by atoms with E-state index in [-0.39, 0.29) is 17.9 Å². The molecule has 1 amide bonds. The number of thiophene rings is 1. The molecule has 1 aliphatic rings. The number of amides is 1. The summed E-state index contributed by atoms with van der Waals surface area (Å²) in [5.41, 5.74) is 0.943. The van der Waals surface area contributed by atoms with E-state index in [0.29, 0.717) is 5.69 Å². The molecule has 2 aromatic rings. The summed E-state index contributed by atoms with van der Waals surface area (Å²) in [7, 11) is 0. The molecule has 0 radical (unpaired) electrons. The third kappa shape index (κ3) is 1.71. The van der Waals surface area contributed by atoms with Crippen LogP contribution >= 0.6 is 11.3 Å². The van der Waals surface area contributed by atoms with Crippen LogP contribution in [0.2, 0.25) is 0 Å².